The molecule has 0 unspecified atom stereocenters. The largest absolute Gasteiger partial charge is 0.355 e. The minimum atomic E-state index is -0.347. The van der Waals surface area contributed by atoms with E-state index in [1.807, 2.05) is 0 Å². The first kappa shape index (κ1) is 17.1. The van der Waals surface area contributed by atoms with E-state index in [1.54, 1.807) is 29.2 Å². The van der Waals surface area contributed by atoms with Crippen LogP contribution >= 0.6 is 0 Å². The molecule has 1 heterocycles. The second-order valence-corrected chi connectivity index (χ2v) is 6.16. The number of nitrogens with one attached hydrogen (secondary N) is 1. The van der Waals surface area contributed by atoms with E-state index < -0.39 is 0 Å². The zero-order valence-corrected chi connectivity index (χ0v) is 13.5. The van der Waals surface area contributed by atoms with E-state index in [1.165, 1.54) is 24.3 Å². The number of nitrogens with zero attached hydrogens (tertiary/aromatic N) is 1. The lowest BCUT2D eigenvalue weighted by Crippen LogP contribution is -2.32. The average molecular weight is 344 g/mol. The van der Waals surface area contributed by atoms with Gasteiger partial charge in [-0.15, -0.1) is 0 Å². The number of halogens is 2. The number of carbonyl (C=O) groups excluding carboxylic acids is 2. The van der Waals surface area contributed by atoms with Gasteiger partial charge in [-0.1, -0.05) is 12.1 Å². The molecular weight excluding hydrogens is 326 g/mol. The van der Waals surface area contributed by atoms with Crippen LogP contribution in [0.4, 0.5) is 14.5 Å². The molecule has 0 aliphatic carbocycles. The van der Waals surface area contributed by atoms with Crippen LogP contribution in [0.15, 0.2) is 48.5 Å². The average Bonchev–Trinajstić information content (AvgIpc) is 2.97. The molecule has 1 N–H and O–H groups in total. The zero-order chi connectivity index (χ0) is 17.8. The molecule has 0 saturated carbocycles. The molecule has 6 heteroatoms. The van der Waals surface area contributed by atoms with Crippen LogP contribution in [-0.4, -0.2) is 24.9 Å². The number of rotatable bonds is 5. The molecule has 1 aliphatic heterocycles. The van der Waals surface area contributed by atoms with Gasteiger partial charge in [-0.3, -0.25) is 9.59 Å². The lowest BCUT2D eigenvalue weighted by Gasteiger charge is -2.17. The second-order valence-electron chi connectivity index (χ2n) is 6.16. The number of anilines is 1. The van der Waals surface area contributed by atoms with Crippen LogP contribution < -0.4 is 10.2 Å². The van der Waals surface area contributed by atoms with Crippen LogP contribution in [0.5, 0.6) is 0 Å². The predicted octanol–water partition coefficient (Wildman–Crippen LogP) is 2.68. The molecule has 0 radical (unpaired) electrons. The number of carbonyl (C=O) groups is 2. The molecule has 25 heavy (non-hydrogen) atoms. The Labute approximate surface area is 144 Å². The quantitative estimate of drug-likeness (QED) is 0.907. The summed E-state index contributed by atoms with van der Waals surface area (Å²) in [5.74, 6) is -0.882. The number of benzene rings is 2. The van der Waals surface area contributed by atoms with Crippen molar-refractivity contribution in [3.8, 4) is 0 Å². The van der Waals surface area contributed by atoms with Gasteiger partial charge in [0.2, 0.25) is 11.8 Å². The summed E-state index contributed by atoms with van der Waals surface area (Å²) in [6, 6.07) is 11.6. The van der Waals surface area contributed by atoms with Crippen molar-refractivity contribution in [1.82, 2.24) is 5.32 Å². The molecular formula is C19H18F2N2O2. The SMILES string of the molecule is O=C(Cc1ccc(F)cc1)NC[C@H]1CC(=O)N(c2ccc(F)cc2)C1. The first-order valence-corrected chi connectivity index (χ1v) is 8.08. The van der Waals surface area contributed by atoms with Gasteiger partial charge in [-0.25, -0.2) is 8.78 Å². The van der Waals surface area contributed by atoms with E-state index >= 15 is 0 Å². The van der Waals surface area contributed by atoms with Gasteiger partial charge in [-0.2, -0.15) is 0 Å². The standard InChI is InChI=1S/C19H18F2N2O2/c20-15-3-1-13(2-4-15)9-18(24)22-11-14-10-19(25)23(12-14)17-7-5-16(21)6-8-17/h1-8,14H,9-12H2,(H,22,24)/t14-/m1/s1. The summed E-state index contributed by atoms with van der Waals surface area (Å²) in [5, 5.41) is 2.82. The Balaban J connectivity index is 1.50. The summed E-state index contributed by atoms with van der Waals surface area (Å²) in [6.07, 6.45) is 0.511. The Morgan fingerprint density at radius 3 is 2.28 bits per heavy atom. The van der Waals surface area contributed by atoms with Gasteiger partial charge in [0.25, 0.3) is 0 Å². The molecule has 1 aliphatic rings. The van der Waals surface area contributed by atoms with Gasteiger partial charge in [0.05, 0.1) is 6.42 Å². The number of hydrogen-bond donors (Lipinski definition) is 1. The zero-order valence-electron chi connectivity index (χ0n) is 13.5. The molecule has 0 bridgehead atoms. The lowest BCUT2D eigenvalue weighted by molar-refractivity contribution is -0.121. The third-order valence-corrected chi connectivity index (χ3v) is 4.21. The highest BCUT2D eigenvalue weighted by Gasteiger charge is 2.30. The highest BCUT2D eigenvalue weighted by molar-refractivity contribution is 5.95. The van der Waals surface area contributed by atoms with Gasteiger partial charge < -0.3 is 10.2 Å². The van der Waals surface area contributed by atoms with Crippen molar-refractivity contribution in [1.29, 1.82) is 0 Å². The van der Waals surface area contributed by atoms with Crippen LogP contribution in [0.2, 0.25) is 0 Å². The van der Waals surface area contributed by atoms with E-state index in [0.29, 0.717) is 25.2 Å². The highest BCUT2D eigenvalue weighted by atomic mass is 19.1. The maximum atomic E-state index is 13.0. The molecule has 2 aromatic rings. The van der Waals surface area contributed by atoms with Crippen molar-refractivity contribution in [3.05, 3.63) is 65.7 Å². The van der Waals surface area contributed by atoms with E-state index in [9.17, 15) is 18.4 Å². The van der Waals surface area contributed by atoms with Crippen molar-refractivity contribution < 1.29 is 18.4 Å². The van der Waals surface area contributed by atoms with Gasteiger partial charge in [0.1, 0.15) is 11.6 Å². The number of amides is 2. The van der Waals surface area contributed by atoms with Crippen molar-refractivity contribution in [3.63, 3.8) is 0 Å². The first-order chi connectivity index (χ1) is 12.0. The molecule has 0 spiro atoms. The van der Waals surface area contributed by atoms with Gasteiger partial charge in [0, 0.05) is 31.1 Å². The monoisotopic (exact) mass is 344 g/mol. The van der Waals surface area contributed by atoms with Crippen molar-refractivity contribution >= 4 is 17.5 Å². The van der Waals surface area contributed by atoms with Crippen LogP contribution in [0.25, 0.3) is 0 Å². The van der Waals surface area contributed by atoms with Crippen molar-refractivity contribution in [2.75, 3.05) is 18.0 Å². The van der Waals surface area contributed by atoms with E-state index in [2.05, 4.69) is 5.32 Å². The summed E-state index contributed by atoms with van der Waals surface area (Å²) in [7, 11) is 0. The van der Waals surface area contributed by atoms with Gasteiger partial charge in [-0.05, 0) is 42.0 Å². The maximum absolute atomic E-state index is 13.0. The topological polar surface area (TPSA) is 49.4 Å². The van der Waals surface area contributed by atoms with Crippen molar-refractivity contribution in [2.45, 2.75) is 12.8 Å². The Bertz CT molecular complexity index is 760. The summed E-state index contributed by atoms with van der Waals surface area (Å²) in [4.78, 5) is 25.7. The summed E-state index contributed by atoms with van der Waals surface area (Å²) < 4.78 is 25.8. The highest BCUT2D eigenvalue weighted by Crippen LogP contribution is 2.24. The van der Waals surface area contributed by atoms with Gasteiger partial charge >= 0.3 is 0 Å². The minimum Gasteiger partial charge on any atom is -0.355 e. The fourth-order valence-corrected chi connectivity index (χ4v) is 2.90. The third kappa shape index (κ3) is 4.41. The van der Waals surface area contributed by atoms with Gasteiger partial charge in [0.15, 0.2) is 0 Å². The summed E-state index contributed by atoms with van der Waals surface area (Å²) >= 11 is 0. The Morgan fingerprint density at radius 1 is 1.04 bits per heavy atom. The predicted molar refractivity (Wildman–Crippen MR) is 90.0 cm³/mol. The molecule has 1 saturated heterocycles. The van der Waals surface area contributed by atoms with E-state index in [-0.39, 0.29) is 35.8 Å². The number of hydrogen-bond acceptors (Lipinski definition) is 2. The van der Waals surface area contributed by atoms with Crippen molar-refractivity contribution in [2.24, 2.45) is 5.92 Å². The van der Waals surface area contributed by atoms with Crippen LogP contribution in [-0.2, 0) is 16.0 Å². The van der Waals surface area contributed by atoms with Crippen LogP contribution in [0.3, 0.4) is 0 Å². The lowest BCUT2D eigenvalue weighted by atomic mass is 10.1. The van der Waals surface area contributed by atoms with Crippen LogP contribution in [0.1, 0.15) is 12.0 Å². The first-order valence-electron chi connectivity index (χ1n) is 8.08. The molecule has 2 aromatic carbocycles. The third-order valence-electron chi connectivity index (χ3n) is 4.21. The van der Waals surface area contributed by atoms with Crippen LogP contribution in [0, 0.1) is 17.6 Å². The molecule has 1 atom stereocenters. The molecule has 130 valence electrons. The Morgan fingerprint density at radius 2 is 1.64 bits per heavy atom. The fourth-order valence-electron chi connectivity index (χ4n) is 2.90. The molecule has 3 rings (SSSR count). The summed E-state index contributed by atoms with van der Waals surface area (Å²) in [6.45, 7) is 0.880. The molecule has 0 aromatic heterocycles. The Hall–Kier alpha value is -2.76. The molecule has 1 fully saturated rings. The smallest absolute Gasteiger partial charge is 0.227 e. The maximum Gasteiger partial charge on any atom is 0.227 e. The van der Waals surface area contributed by atoms with E-state index in [0.717, 1.165) is 5.56 Å². The molecule has 2 amide bonds. The van der Waals surface area contributed by atoms with E-state index in [4.69, 9.17) is 0 Å². The Kier molecular flexibility index (Phi) is 5.07. The molecule has 4 nitrogen and oxygen atoms in total. The fraction of sp³-hybridized carbons (Fsp3) is 0.263. The minimum absolute atomic E-state index is 0.00900. The second kappa shape index (κ2) is 7.42. The summed E-state index contributed by atoms with van der Waals surface area (Å²) in [5.41, 5.74) is 1.39. The normalized spacial score (nSPS) is 17.0.